The van der Waals surface area contributed by atoms with E-state index in [9.17, 15) is 4.79 Å². The van der Waals surface area contributed by atoms with E-state index in [4.69, 9.17) is 0 Å². The molecule has 0 aromatic carbocycles. The lowest BCUT2D eigenvalue weighted by Crippen LogP contribution is -2.26. The molecule has 0 atom stereocenters. The molecule has 7 nitrogen and oxygen atoms in total. The molecule has 0 aliphatic rings. The van der Waals surface area contributed by atoms with E-state index in [2.05, 4.69) is 30.8 Å². The minimum absolute atomic E-state index is 0.180. The van der Waals surface area contributed by atoms with Crippen LogP contribution in [0.2, 0.25) is 0 Å². The molecule has 0 fully saturated rings. The Morgan fingerprint density at radius 2 is 2.25 bits per heavy atom. The van der Waals surface area contributed by atoms with Crippen LogP contribution in [0.3, 0.4) is 0 Å². The first-order valence-corrected chi connectivity index (χ1v) is 8.51. The van der Waals surface area contributed by atoms with Gasteiger partial charge in [0.25, 0.3) is 5.91 Å². The highest BCUT2D eigenvalue weighted by Gasteiger charge is 2.11. The van der Waals surface area contributed by atoms with Gasteiger partial charge in [0.2, 0.25) is 5.95 Å². The van der Waals surface area contributed by atoms with Crippen molar-refractivity contribution in [2.45, 2.75) is 13.3 Å². The molecule has 0 aliphatic heterocycles. The summed E-state index contributed by atoms with van der Waals surface area (Å²) < 4.78 is 0. The van der Waals surface area contributed by atoms with Crippen molar-refractivity contribution in [2.75, 3.05) is 18.4 Å². The second kappa shape index (κ2) is 7.69. The average molecular weight is 342 g/mol. The number of aryl methyl sites for hydroxylation is 1. The molecule has 0 spiro atoms. The van der Waals surface area contributed by atoms with Gasteiger partial charge in [0, 0.05) is 25.0 Å². The number of hydrogen-bond acceptors (Lipinski definition) is 6. The van der Waals surface area contributed by atoms with Crippen LogP contribution < -0.4 is 10.6 Å². The molecule has 3 aromatic rings. The molecule has 8 heteroatoms. The molecular weight excluding hydrogens is 324 g/mol. The number of nitrogens with zero attached hydrogens (tertiary/aromatic N) is 3. The molecule has 3 heterocycles. The molecular formula is C16H18N6OS. The lowest BCUT2D eigenvalue weighted by Gasteiger charge is -2.05. The van der Waals surface area contributed by atoms with E-state index in [0.29, 0.717) is 24.7 Å². The summed E-state index contributed by atoms with van der Waals surface area (Å²) in [5.41, 5.74) is 2.17. The third-order valence-electron chi connectivity index (χ3n) is 3.31. The summed E-state index contributed by atoms with van der Waals surface area (Å²) in [5.74, 6) is 0.426. The van der Waals surface area contributed by atoms with Crippen molar-refractivity contribution in [3.8, 4) is 10.6 Å². The maximum atomic E-state index is 12.1. The van der Waals surface area contributed by atoms with Crippen LogP contribution in [0.1, 0.15) is 22.6 Å². The number of aromatic amines is 1. The van der Waals surface area contributed by atoms with Crippen LogP contribution >= 0.6 is 11.3 Å². The van der Waals surface area contributed by atoms with E-state index in [1.807, 2.05) is 30.5 Å². The van der Waals surface area contributed by atoms with Crippen LogP contribution in [0.25, 0.3) is 10.6 Å². The highest BCUT2D eigenvalue weighted by atomic mass is 32.1. The van der Waals surface area contributed by atoms with Crippen molar-refractivity contribution < 1.29 is 4.79 Å². The van der Waals surface area contributed by atoms with Gasteiger partial charge < -0.3 is 10.6 Å². The third kappa shape index (κ3) is 4.17. The number of rotatable bonds is 7. The number of hydrogen-bond donors (Lipinski definition) is 3. The molecule has 0 bridgehead atoms. The van der Waals surface area contributed by atoms with Crippen LogP contribution in [-0.4, -0.2) is 39.2 Å². The number of H-pyrrole nitrogens is 1. The van der Waals surface area contributed by atoms with Gasteiger partial charge >= 0.3 is 0 Å². The smallest absolute Gasteiger partial charge is 0.271 e. The van der Waals surface area contributed by atoms with E-state index in [-0.39, 0.29) is 5.91 Å². The molecule has 0 saturated heterocycles. The molecule has 3 N–H and O–H groups in total. The molecule has 0 aliphatic carbocycles. The minimum atomic E-state index is -0.180. The van der Waals surface area contributed by atoms with Crippen LogP contribution in [0.15, 0.2) is 35.8 Å². The zero-order chi connectivity index (χ0) is 16.8. The maximum absolute atomic E-state index is 12.1. The predicted octanol–water partition coefficient (Wildman–Crippen LogP) is 2.47. The number of carbonyl (C=O) groups is 1. The Hall–Kier alpha value is -2.74. The molecule has 124 valence electrons. The first-order valence-electron chi connectivity index (χ1n) is 7.63. The second-order valence-electron chi connectivity index (χ2n) is 5.20. The predicted molar refractivity (Wildman–Crippen MR) is 94.1 cm³/mol. The Balaban J connectivity index is 1.41. The van der Waals surface area contributed by atoms with E-state index < -0.39 is 0 Å². The van der Waals surface area contributed by atoms with E-state index in [0.717, 1.165) is 22.7 Å². The van der Waals surface area contributed by atoms with Crippen LogP contribution in [-0.2, 0) is 0 Å². The van der Waals surface area contributed by atoms with Gasteiger partial charge in [0.15, 0.2) is 5.69 Å². The summed E-state index contributed by atoms with van der Waals surface area (Å²) in [7, 11) is 0. The van der Waals surface area contributed by atoms with Gasteiger partial charge in [-0.25, -0.2) is 9.97 Å². The fourth-order valence-corrected chi connectivity index (χ4v) is 2.80. The van der Waals surface area contributed by atoms with E-state index >= 15 is 0 Å². The molecule has 1 amide bonds. The summed E-state index contributed by atoms with van der Waals surface area (Å²) >= 11 is 1.60. The number of aromatic nitrogens is 4. The second-order valence-corrected chi connectivity index (χ2v) is 6.15. The van der Waals surface area contributed by atoms with Gasteiger partial charge in [-0.05, 0) is 36.9 Å². The van der Waals surface area contributed by atoms with Gasteiger partial charge in [0.1, 0.15) is 0 Å². The Kier molecular flexibility index (Phi) is 5.17. The first-order chi connectivity index (χ1) is 11.7. The highest BCUT2D eigenvalue weighted by Crippen LogP contribution is 2.22. The van der Waals surface area contributed by atoms with Crippen molar-refractivity contribution in [1.29, 1.82) is 0 Å². The Labute approximate surface area is 143 Å². The average Bonchev–Trinajstić information content (AvgIpc) is 3.25. The lowest BCUT2D eigenvalue weighted by molar-refractivity contribution is 0.0948. The summed E-state index contributed by atoms with van der Waals surface area (Å²) in [6.45, 7) is 3.16. The van der Waals surface area contributed by atoms with E-state index in [1.165, 1.54) is 0 Å². The molecule has 24 heavy (non-hydrogen) atoms. The summed E-state index contributed by atoms with van der Waals surface area (Å²) in [6, 6.07) is 7.56. The number of carbonyl (C=O) groups excluding carboxylic acids is 1. The summed E-state index contributed by atoms with van der Waals surface area (Å²) in [5, 5.41) is 14.9. The topological polar surface area (TPSA) is 95.6 Å². The van der Waals surface area contributed by atoms with Gasteiger partial charge in [-0.3, -0.25) is 9.89 Å². The fraction of sp³-hybridized carbons (Fsp3) is 0.250. The number of anilines is 1. The Morgan fingerprint density at radius 3 is 3.04 bits per heavy atom. The molecule has 0 saturated carbocycles. The van der Waals surface area contributed by atoms with Crippen molar-refractivity contribution in [3.05, 3.63) is 47.2 Å². The van der Waals surface area contributed by atoms with Crippen molar-refractivity contribution >= 4 is 23.2 Å². The fourth-order valence-electron chi connectivity index (χ4n) is 2.11. The summed E-state index contributed by atoms with van der Waals surface area (Å²) in [6.07, 6.45) is 2.49. The zero-order valence-corrected chi connectivity index (χ0v) is 14.1. The van der Waals surface area contributed by atoms with E-state index in [1.54, 1.807) is 23.6 Å². The van der Waals surface area contributed by atoms with Gasteiger partial charge in [-0.1, -0.05) is 6.07 Å². The Morgan fingerprint density at radius 1 is 1.33 bits per heavy atom. The summed E-state index contributed by atoms with van der Waals surface area (Å²) in [4.78, 5) is 21.5. The molecule has 0 unspecified atom stereocenters. The zero-order valence-electron chi connectivity index (χ0n) is 13.2. The van der Waals surface area contributed by atoms with Crippen LogP contribution in [0.4, 0.5) is 5.95 Å². The van der Waals surface area contributed by atoms with Crippen LogP contribution in [0, 0.1) is 6.92 Å². The maximum Gasteiger partial charge on any atom is 0.271 e. The monoisotopic (exact) mass is 342 g/mol. The molecule has 3 aromatic heterocycles. The number of amides is 1. The molecule has 3 rings (SSSR count). The quantitative estimate of drug-likeness (QED) is 0.573. The number of nitrogens with one attached hydrogen (secondary N) is 3. The van der Waals surface area contributed by atoms with Gasteiger partial charge in [-0.15, -0.1) is 11.3 Å². The van der Waals surface area contributed by atoms with Crippen LogP contribution in [0.5, 0.6) is 0 Å². The number of thiophene rings is 1. The molecule has 0 radical (unpaired) electrons. The van der Waals surface area contributed by atoms with Crippen molar-refractivity contribution in [3.63, 3.8) is 0 Å². The minimum Gasteiger partial charge on any atom is -0.354 e. The van der Waals surface area contributed by atoms with Crippen molar-refractivity contribution in [1.82, 2.24) is 25.5 Å². The third-order valence-corrected chi connectivity index (χ3v) is 4.22. The lowest BCUT2D eigenvalue weighted by atomic mass is 10.3. The van der Waals surface area contributed by atoms with Crippen molar-refractivity contribution in [2.24, 2.45) is 0 Å². The SMILES string of the molecule is Cc1ccnc(NCCCNC(=O)c2cc(-c3cccs3)[nH]n2)n1. The van der Waals surface area contributed by atoms with Gasteiger partial charge in [0.05, 0.1) is 10.6 Å². The highest BCUT2D eigenvalue weighted by molar-refractivity contribution is 7.13. The Bertz CT molecular complexity index is 799. The van der Waals surface area contributed by atoms with Gasteiger partial charge in [-0.2, -0.15) is 5.10 Å². The first kappa shape index (κ1) is 16.1. The largest absolute Gasteiger partial charge is 0.354 e. The normalized spacial score (nSPS) is 10.5. The standard InChI is InChI=1S/C16H18N6OS/c1-11-5-8-19-16(20-11)18-7-3-6-17-15(23)13-10-12(21-22-13)14-4-2-9-24-14/h2,4-5,8-10H,3,6-7H2,1H3,(H,17,23)(H,21,22)(H,18,19,20).